The van der Waals surface area contributed by atoms with Gasteiger partial charge in [-0.05, 0) is 41.7 Å². The van der Waals surface area contributed by atoms with E-state index < -0.39 is 5.97 Å². The molecular formula is C19H20O3. The summed E-state index contributed by atoms with van der Waals surface area (Å²) in [6.45, 7) is 2.13. The minimum Gasteiger partial charge on any atom is -0.497 e. The van der Waals surface area contributed by atoms with Crippen molar-refractivity contribution in [2.75, 3.05) is 7.11 Å². The third kappa shape index (κ3) is 2.37. The van der Waals surface area contributed by atoms with Crippen LogP contribution in [0.2, 0.25) is 0 Å². The highest BCUT2D eigenvalue weighted by Crippen LogP contribution is 2.45. The Kier molecular flexibility index (Phi) is 3.65. The molecule has 3 rings (SSSR count). The number of carboxylic acid groups (broad SMARTS) is 1. The number of fused-ring (bicyclic) bond motifs is 1. The highest BCUT2D eigenvalue weighted by molar-refractivity contribution is 5.72. The number of carboxylic acids is 1. The number of aliphatic carboxylic acids is 1. The van der Waals surface area contributed by atoms with Crippen LogP contribution in [0.1, 0.15) is 30.0 Å². The summed E-state index contributed by atoms with van der Waals surface area (Å²) in [6.07, 6.45) is 1.18. The van der Waals surface area contributed by atoms with Crippen molar-refractivity contribution in [1.82, 2.24) is 0 Å². The van der Waals surface area contributed by atoms with E-state index >= 15 is 0 Å². The second kappa shape index (κ2) is 5.48. The van der Waals surface area contributed by atoms with Gasteiger partial charge in [0.05, 0.1) is 13.0 Å². The summed E-state index contributed by atoms with van der Waals surface area (Å²) in [5, 5.41) is 9.52. The molecule has 0 saturated heterocycles. The van der Waals surface area contributed by atoms with Crippen LogP contribution in [0.4, 0.5) is 0 Å². The van der Waals surface area contributed by atoms with Crippen molar-refractivity contribution in [2.45, 2.75) is 25.2 Å². The summed E-state index contributed by atoms with van der Waals surface area (Å²) >= 11 is 0. The maximum absolute atomic E-state index is 11.6. The molecule has 2 atom stereocenters. The van der Waals surface area contributed by atoms with Gasteiger partial charge < -0.3 is 9.84 Å². The molecule has 0 unspecified atom stereocenters. The number of hydrogen-bond donors (Lipinski definition) is 1. The van der Waals surface area contributed by atoms with Gasteiger partial charge in [-0.25, -0.2) is 0 Å². The Hall–Kier alpha value is -2.29. The van der Waals surface area contributed by atoms with Crippen LogP contribution in [0.25, 0.3) is 0 Å². The van der Waals surface area contributed by atoms with Crippen LogP contribution in [0.5, 0.6) is 5.75 Å². The van der Waals surface area contributed by atoms with E-state index in [2.05, 4.69) is 25.1 Å². The lowest BCUT2D eigenvalue weighted by atomic mass is 9.64. The van der Waals surface area contributed by atoms with Crippen molar-refractivity contribution in [1.29, 1.82) is 0 Å². The van der Waals surface area contributed by atoms with Crippen LogP contribution in [-0.4, -0.2) is 18.2 Å². The van der Waals surface area contributed by atoms with Gasteiger partial charge in [0.25, 0.3) is 0 Å². The predicted octanol–water partition coefficient (Wildman–Crippen LogP) is 3.65. The lowest BCUT2D eigenvalue weighted by Crippen LogP contribution is -2.36. The highest BCUT2D eigenvalue weighted by atomic mass is 16.5. The lowest BCUT2D eigenvalue weighted by molar-refractivity contribution is -0.142. The maximum atomic E-state index is 11.6. The molecule has 0 aromatic heterocycles. The molecule has 22 heavy (non-hydrogen) atoms. The van der Waals surface area contributed by atoms with Crippen LogP contribution in [0, 0.1) is 5.92 Å². The zero-order valence-corrected chi connectivity index (χ0v) is 12.9. The smallest absolute Gasteiger partial charge is 0.306 e. The molecule has 0 fully saturated rings. The minimum atomic E-state index is -0.719. The summed E-state index contributed by atoms with van der Waals surface area (Å²) in [5.41, 5.74) is 3.11. The maximum Gasteiger partial charge on any atom is 0.306 e. The van der Waals surface area contributed by atoms with E-state index in [4.69, 9.17) is 4.74 Å². The molecule has 2 aromatic rings. The molecule has 0 aliphatic heterocycles. The van der Waals surface area contributed by atoms with Gasteiger partial charge in [-0.15, -0.1) is 0 Å². The molecule has 2 aromatic carbocycles. The number of ether oxygens (including phenoxy) is 1. The zero-order chi connectivity index (χ0) is 15.7. The fourth-order valence-electron chi connectivity index (χ4n) is 3.57. The minimum absolute atomic E-state index is 0.313. The van der Waals surface area contributed by atoms with Crippen LogP contribution >= 0.6 is 0 Å². The summed E-state index contributed by atoms with van der Waals surface area (Å²) < 4.78 is 5.37. The van der Waals surface area contributed by atoms with Crippen molar-refractivity contribution in [3.8, 4) is 5.75 Å². The van der Waals surface area contributed by atoms with E-state index in [0.29, 0.717) is 12.8 Å². The lowest BCUT2D eigenvalue weighted by Gasteiger charge is -2.39. The predicted molar refractivity (Wildman–Crippen MR) is 85.3 cm³/mol. The second-order valence-corrected chi connectivity index (χ2v) is 6.16. The van der Waals surface area contributed by atoms with Gasteiger partial charge >= 0.3 is 5.97 Å². The van der Waals surface area contributed by atoms with E-state index in [0.717, 1.165) is 16.9 Å². The average Bonchev–Trinajstić information content (AvgIpc) is 2.55. The van der Waals surface area contributed by atoms with Crippen LogP contribution in [-0.2, 0) is 16.6 Å². The van der Waals surface area contributed by atoms with E-state index in [9.17, 15) is 9.90 Å². The Morgan fingerprint density at radius 3 is 2.59 bits per heavy atom. The SMILES string of the molecule is COc1ccc2c(c1)[C@@](C)(c1ccccc1)C[C@@H](C(=O)O)C2. The van der Waals surface area contributed by atoms with Crippen molar-refractivity contribution in [3.63, 3.8) is 0 Å². The zero-order valence-electron chi connectivity index (χ0n) is 12.9. The fourth-order valence-corrected chi connectivity index (χ4v) is 3.57. The third-order valence-electron chi connectivity index (χ3n) is 4.79. The van der Waals surface area contributed by atoms with E-state index in [1.807, 2.05) is 30.3 Å². The quantitative estimate of drug-likeness (QED) is 0.940. The monoisotopic (exact) mass is 296 g/mol. The Morgan fingerprint density at radius 1 is 1.23 bits per heavy atom. The molecule has 1 aliphatic carbocycles. The van der Waals surface area contributed by atoms with Crippen LogP contribution in [0.15, 0.2) is 48.5 Å². The summed E-state index contributed by atoms with van der Waals surface area (Å²) in [7, 11) is 1.66. The Labute approximate surface area is 130 Å². The molecule has 0 heterocycles. The molecule has 3 nitrogen and oxygen atoms in total. The molecular weight excluding hydrogens is 276 g/mol. The standard InChI is InChI=1S/C19H20O3/c1-19(15-6-4-3-5-7-15)12-14(18(20)21)10-13-8-9-16(22-2)11-17(13)19/h3-9,11,14H,10,12H2,1-2H3,(H,20,21)/t14-,19+/m0/s1. The Balaban J connectivity index is 2.18. The largest absolute Gasteiger partial charge is 0.497 e. The summed E-state index contributed by atoms with van der Waals surface area (Å²) in [5.74, 6) is -0.260. The normalized spacial score (nSPS) is 23.6. The van der Waals surface area contributed by atoms with Crippen LogP contribution < -0.4 is 4.74 Å². The first kappa shape index (κ1) is 14.6. The van der Waals surface area contributed by atoms with Crippen molar-refractivity contribution < 1.29 is 14.6 Å². The molecule has 0 saturated carbocycles. The van der Waals surface area contributed by atoms with Crippen LogP contribution in [0.3, 0.4) is 0 Å². The highest BCUT2D eigenvalue weighted by Gasteiger charge is 2.40. The van der Waals surface area contributed by atoms with E-state index in [-0.39, 0.29) is 11.3 Å². The van der Waals surface area contributed by atoms with E-state index in [1.165, 1.54) is 5.56 Å². The average molecular weight is 296 g/mol. The van der Waals surface area contributed by atoms with Gasteiger partial charge in [0, 0.05) is 5.41 Å². The van der Waals surface area contributed by atoms with Gasteiger partial charge in [-0.1, -0.05) is 43.3 Å². The van der Waals surface area contributed by atoms with Gasteiger partial charge in [0.1, 0.15) is 5.75 Å². The molecule has 1 aliphatic rings. The van der Waals surface area contributed by atoms with Crippen molar-refractivity contribution in [2.24, 2.45) is 5.92 Å². The topological polar surface area (TPSA) is 46.5 Å². The number of benzene rings is 2. The van der Waals surface area contributed by atoms with Crippen molar-refractivity contribution >= 4 is 5.97 Å². The summed E-state index contributed by atoms with van der Waals surface area (Å²) in [4.78, 5) is 11.6. The van der Waals surface area contributed by atoms with Gasteiger partial charge in [0.2, 0.25) is 0 Å². The first-order valence-electron chi connectivity index (χ1n) is 7.50. The molecule has 0 bridgehead atoms. The molecule has 0 spiro atoms. The third-order valence-corrected chi connectivity index (χ3v) is 4.79. The summed E-state index contributed by atoms with van der Waals surface area (Å²) in [6, 6.07) is 16.1. The molecule has 0 radical (unpaired) electrons. The Morgan fingerprint density at radius 2 is 1.95 bits per heavy atom. The van der Waals surface area contributed by atoms with Gasteiger partial charge in [-0.3, -0.25) is 4.79 Å². The molecule has 1 N–H and O–H groups in total. The number of rotatable bonds is 3. The van der Waals surface area contributed by atoms with E-state index in [1.54, 1.807) is 7.11 Å². The molecule has 0 amide bonds. The first-order chi connectivity index (χ1) is 10.5. The van der Waals surface area contributed by atoms with Crippen molar-refractivity contribution in [3.05, 3.63) is 65.2 Å². The van der Waals surface area contributed by atoms with Gasteiger partial charge in [-0.2, -0.15) is 0 Å². The fraction of sp³-hybridized carbons (Fsp3) is 0.316. The second-order valence-electron chi connectivity index (χ2n) is 6.16. The number of methoxy groups -OCH3 is 1. The first-order valence-corrected chi connectivity index (χ1v) is 7.50. The van der Waals surface area contributed by atoms with Gasteiger partial charge in [0.15, 0.2) is 0 Å². The molecule has 3 heteroatoms. The number of hydrogen-bond acceptors (Lipinski definition) is 2. The Bertz CT molecular complexity index is 693. The number of carbonyl (C=O) groups is 1. The molecule has 114 valence electrons.